The van der Waals surface area contributed by atoms with Crippen molar-refractivity contribution in [1.82, 2.24) is 9.21 Å². The number of ether oxygens (including phenoxy) is 1. The third-order valence-corrected chi connectivity index (χ3v) is 5.59. The van der Waals surface area contributed by atoms with Crippen molar-refractivity contribution in [1.29, 1.82) is 0 Å². The molecule has 1 heterocycles. The lowest BCUT2D eigenvalue weighted by Gasteiger charge is -2.37. The highest BCUT2D eigenvalue weighted by atomic mass is 35.5. The second-order valence-corrected chi connectivity index (χ2v) is 7.40. The monoisotopic (exact) mass is 379 g/mol. The molecule has 1 saturated heterocycles. The molecule has 0 spiro atoms. The molecule has 0 aromatic rings. The van der Waals surface area contributed by atoms with Crippen molar-refractivity contribution in [3.8, 4) is 0 Å². The van der Waals surface area contributed by atoms with E-state index in [1.54, 1.807) is 0 Å². The van der Waals surface area contributed by atoms with E-state index in [9.17, 15) is 13.2 Å². The largest absolute Gasteiger partial charge is 0.468 e. The number of methoxy groups -OCH3 is 1. The Morgan fingerprint density at radius 1 is 1.18 bits per heavy atom. The maximum Gasteiger partial charge on any atom is 0.324 e. The summed E-state index contributed by atoms with van der Waals surface area (Å²) in [6, 6.07) is -0.491. The van der Waals surface area contributed by atoms with Crippen LogP contribution in [-0.2, 0) is 19.6 Å². The van der Waals surface area contributed by atoms with Crippen LogP contribution < -0.4 is 5.73 Å². The first-order valence-electron chi connectivity index (χ1n) is 6.81. The van der Waals surface area contributed by atoms with Crippen LogP contribution in [0, 0.1) is 5.92 Å². The minimum absolute atomic E-state index is 0. The lowest BCUT2D eigenvalue weighted by molar-refractivity contribution is -0.147. The number of halogens is 2. The van der Waals surface area contributed by atoms with Crippen LogP contribution in [0.15, 0.2) is 0 Å². The average Bonchev–Trinajstić information content (AvgIpc) is 2.38. The third-order valence-electron chi connectivity index (χ3n) is 3.35. The van der Waals surface area contributed by atoms with Gasteiger partial charge in [0.1, 0.15) is 6.04 Å². The summed E-state index contributed by atoms with van der Waals surface area (Å²) < 4.78 is 30.5. The van der Waals surface area contributed by atoms with Crippen LogP contribution in [0.3, 0.4) is 0 Å². The molecule has 134 valence electrons. The number of nitrogens with two attached hydrogens (primary N) is 1. The Kier molecular flexibility index (Phi) is 11.6. The van der Waals surface area contributed by atoms with E-state index in [0.717, 1.165) is 0 Å². The molecule has 0 aliphatic carbocycles. The van der Waals surface area contributed by atoms with Gasteiger partial charge in [0.05, 0.1) is 12.9 Å². The van der Waals surface area contributed by atoms with Crippen LogP contribution >= 0.6 is 24.8 Å². The Morgan fingerprint density at radius 2 is 1.68 bits per heavy atom. The fraction of sp³-hybridized carbons (Fsp3) is 0.917. The van der Waals surface area contributed by atoms with Crippen LogP contribution in [0.1, 0.15) is 13.8 Å². The Bertz CT molecular complexity index is 426. The minimum Gasteiger partial charge on any atom is -0.468 e. The summed E-state index contributed by atoms with van der Waals surface area (Å²) in [6.07, 6.45) is 0. The van der Waals surface area contributed by atoms with E-state index in [2.05, 4.69) is 0 Å². The van der Waals surface area contributed by atoms with Gasteiger partial charge in [-0.15, -0.1) is 24.8 Å². The summed E-state index contributed by atoms with van der Waals surface area (Å²) in [5, 5.41) is 0. The first-order chi connectivity index (χ1) is 9.31. The minimum atomic E-state index is -3.21. The predicted octanol–water partition coefficient (Wildman–Crippen LogP) is -0.0663. The zero-order valence-electron chi connectivity index (χ0n) is 13.2. The molecular weight excluding hydrogens is 353 g/mol. The number of hydrogen-bond acceptors (Lipinski definition) is 6. The van der Waals surface area contributed by atoms with Gasteiger partial charge in [0.25, 0.3) is 0 Å². The maximum absolute atomic E-state index is 12.1. The molecule has 1 rings (SSSR count). The topological polar surface area (TPSA) is 92.9 Å². The lowest BCUT2D eigenvalue weighted by atomic mass is 10.2. The summed E-state index contributed by atoms with van der Waals surface area (Å²) in [5.41, 5.74) is 5.59. The molecule has 10 heteroatoms. The number of esters is 1. The van der Waals surface area contributed by atoms with Gasteiger partial charge in [0, 0.05) is 32.7 Å². The number of carbonyl (C=O) groups is 1. The Hall–Kier alpha value is -0.120. The molecule has 1 aliphatic rings. The fourth-order valence-electron chi connectivity index (χ4n) is 2.35. The lowest BCUT2D eigenvalue weighted by Crippen LogP contribution is -2.56. The average molecular weight is 380 g/mol. The highest BCUT2D eigenvalue weighted by Crippen LogP contribution is 2.13. The Labute approximate surface area is 145 Å². The van der Waals surface area contributed by atoms with Crippen molar-refractivity contribution >= 4 is 40.8 Å². The maximum atomic E-state index is 12.1. The second kappa shape index (κ2) is 10.6. The first kappa shape index (κ1) is 24.1. The van der Waals surface area contributed by atoms with Crippen molar-refractivity contribution in [2.45, 2.75) is 19.9 Å². The van der Waals surface area contributed by atoms with E-state index < -0.39 is 16.1 Å². The van der Waals surface area contributed by atoms with Crippen LogP contribution in [-0.4, -0.2) is 75.2 Å². The molecule has 2 N–H and O–H groups in total. The van der Waals surface area contributed by atoms with E-state index in [1.807, 2.05) is 18.7 Å². The quantitative estimate of drug-likeness (QED) is 0.649. The summed E-state index contributed by atoms with van der Waals surface area (Å²) in [5.74, 6) is -0.111. The number of hydrogen-bond donors (Lipinski definition) is 1. The smallest absolute Gasteiger partial charge is 0.324 e. The normalized spacial score (nSPS) is 18.2. The number of carbonyl (C=O) groups excluding carboxylic acids is 1. The van der Waals surface area contributed by atoms with Crippen molar-refractivity contribution < 1.29 is 17.9 Å². The van der Waals surface area contributed by atoms with Crippen molar-refractivity contribution in [2.24, 2.45) is 11.7 Å². The summed E-state index contributed by atoms with van der Waals surface area (Å²) in [7, 11) is -1.88. The Balaban J connectivity index is 0. The van der Waals surface area contributed by atoms with Crippen molar-refractivity contribution in [2.75, 3.05) is 45.6 Å². The van der Waals surface area contributed by atoms with Crippen molar-refractivity contribution in [3.05, 3.63) is 0 Å². The molecule has 0 aromatic carbocycles. The van der Waals surface area contributed by atoms with E-state index in [1.165, 1.54) is 11.4 Å². The molecule has 0 amide bonds. The van der Waals surface area contributed by atoms with Gasteiger partial charge in [-0.05, 0) is 5.92 Å². The number of rotatable bonds is 6. The molecule has 0 aromatic heterocycles. The van der Waals surface area contributed by atoms with E-state index in [-0.39, 0.29) is 49.0 Å². The van der Waals surface area contributed by atoms with Gasteiger partial charge in [-0.1, -0.05) is 13.8 Å². The number of sulfonamides is 1. The number of nitrogens with zero attached hydrogens (tertiary/aromatic N) is 2. The van der Waals surface area contributed by atoms with E-state index in [0.29, 0.717) is 26.2 Å². The van der Waals surface area contributed by atoms with Crippen LogP contribution in [0.25, 0.3) is 0 Å². The molecule has 0 radical (unpaired) electrons. The SMILES string of the molecule is COC(=O)[C@H](CN)N1CCN(S(=O)(=O)CC(C)C)CC1.Cl.Cl. The van der Waals surface area contributed by atoms with Gasteiger partial charge < -0.3 is 10.5 Å². The molecule has 0 saturated carbocycles. The molecule has 0 bridgehead atoms. The van der Waals surface area contributed by atoms with Gasteiger partial charge in [-0.2, -0.15) is 4.31 Å². The summed E-state index contributed by atoms with van der Waals surface area (Å²) >= 11 is 0. The van der Waals surface area contributed by atoms with Crippen molar-refractivity contribution in [3.63, 3.8) is 0 Å². The van der Waals surface area contributed by atoms with Gasteiger partial charge in [-0.25, -0.2) is 8.42 Å². The van der Waals surface area contributed by atoms with Crippen LogP contribution in [0.5, 0.6) is 0 Å². The van der Waals surface area contributed by atoms with E-state index in [4.69, 9.17) is 10.5 Å². The van der Waals surface area contributed by atoms with Gasteiger partial charge in [-0.3, -0.25) is 9.69 Å². The summed E-state index contributed by atoms with van der Waals surface area (Å²) in [4.78, 5) is 13.5. The molecule has 1 aliphatic heterocycles. The first-order valence-corrected chi connectivity index (χ1v) is 8.42. The number of piperazine rings is 1. The highest BCUT2D eigenvalue weighted by Gasteiger charge is 2.32. The molecular formula is C12H27Cl2N3O4S. The van der Waals surface area contributed by atoms with Gasteiger partial charge >= 0.3 is 5.97 Å². The molecule has 1 fully saturated rings. The van der Waals surface area contributed by atoms with Gasteiger partial charge in [0.2, 0.25) is 10.0 Å². The molecule has 1 atom stereocenters. The zero-order chi connectivity index (χ0) is 15.3. The Morgan fingerprint density at radius 3 is 2.05 bits per heavy atom. The van der Waals surface area contributed by atoms with Crippen LogP contribution in [0.4, 0.5) is 0 Å². The molecule has 0 unspecified atom stereocenters. The third kappa shape index (κ3) is 6.55. The predicted molar refractivity (Wildman–Crippen MR) is 91.1 cm³/mol. The fourth-order valence-corrected chi connectivity index (χ4v) is 4.12. The second-order valence-electron chi connectivity index (χ2n) is 5.38. The summed E-state index contributed by atoms with van der Waals surface area (Å²) in [6.45, 7) is 5.71. The molecule has 7 nitrogen and oxygen atoms in total. The van der Waals surface area contributed by atoms with E-state index >= 15 is 0 Å². The highest BCUT2D eigenvalue weighted by molar-refractivity contribution is 7.89. The zero-order valence-corrected chi connectivity index (χ0v) is 15.7. The standard InChI is InChI=1S/C12H25N3O4S.2ClH/c1-10(2)9-20(17,18)15-6-4-14(5-7-15)11(8-13)12(16)19-3;;/h10-11H,4-9,13H2,1-3H3;2*1H/t11-;;/m0../s1. The molecule has 22 heavy (non-hydrogen) atoms. The van der Waals surface area contributed by atoms with Gasteiger partial charge in [0.15, 0.2) is 0 Å². The van der Waals surface area contributed by atoms with Crippen LogP contribution in [0.2, 0.25) is 0 Å².